The van der Waals surface area contributed by atoms with Crippen LogP contribution in [0.4, 0.5) is 5.82 Å². The van der Waals surface area contributed by atoms with Crippen molar-refractivity contribution < 1.29 is 9.59 Å². The number of ketones is 1. The second-order valence-corrected chi connectivity index (χ2v) is 8.69. The number of nitrogen functional groups attached to an aromatic ring is 1. The molecule has 0 radical (unpaired) electrons. The zero-order valence-electron chi connectivity index (χ0n) is 19.8. The molecule has 1 unspecified atom stereocenters. The van der Waals surface area contributed by atoms with Crippen molar-refractivity contribution in [1.82, 2.24) is 9.88 Å². The number of allylic oxidation sites excluding steroid dienone is 5. The van der Waals surface area contributed by atoms with Crippen LogP contribution < -0.4 is 5.73 Å². The van der Waals surface area contributed by atoms with Gasteiger partial charge in [-0.1, -0.05) is 50.6 Å². The molecular weight excluding hydrogens is 398 g/mol. The molecule has 5 nitrogen and oxygen atoms in total. The minimum atomic E-state index is -0.0342. The summed E-state index contributed by atoms with van der Waals surface area (Å²) in [6, 6.07) is 3.90. The van der Waals surface area contributed by atoms with E-state index in [9.17, 15) is 9.59 Å². The van der Waals surface area contributed by atoms with Gasteiger partial charge in [-0.15, -0.1) is 0 Å². The lowest BCUT2D eigenvalue weighted by Crippen LogP contribution is -2.43. The van der Waals surface area contributed by atoms with E-state index in [4.69, 9.17) is 5.73 Å². The van der Waals surface area contributed by atoms with E-state index in [0.717, 1.165) is 51.4 Å². The van der Waals surface area contributed by atoms with Crippen molar-refractivity contribution >= 4 is 17.5 Å². The Morgan fingerprint density at radius 1 is 1.25 bits per heavy atom. The number of unbranched alkanes of at least 4 members (excludes halogenated alkanes) is 1. The van der Waals surface area contributed by atoms with Gasteiger partial charge < -0.3 is 10.6 Å². The van der Waals surface area contributed by atoms with E-state index in [1.54, 1.807) is 12.3 Å². The van der Waals surface area contributed by atoms with Crippen LogP contribution in [0.1, 0.15) is 64.4 Å². The first-order valence-electron chi connectivity index (χ1n) is 12.0. The Kier molecular flexibility index (Phi) is 10.9. The highest BCUT2D eigenvalue weighted by Crippen LogP contribution is 2.26. The van der Waals surface area contributed by atoms with E-state index in [0.29, 0.717) is 24.5 Å². The van der Waals surface area contributed by atoms with E-state index < -0.39 is 0 Å². The fourth-order valence-corrected chi connectivity index (χ4v) is 4.29. The standard InChI is InChI=1S/C27H39N3O2/c1-4-6-8-10-21(3)26(31)23-15-18-30(19-16-23)27(32)24(12-7-5-2)13-9-11-22-14-17-29-25(28)20-22/h4,6,8,10,14,17,20,23-24H,3,5,7,9,11-13,15-16,18-19H2,1-2H3,(H2,28,29)/b6-4-,10-8-. The van der Waals surface area contributed by atoms with Gasteiger partial charge in [0.15, 0.2) is 5.78 Å². The molecule has 0 spiro atoms. The Hall–Kier alpha value is -2.69. The van der Waals surface area contributed by atoms with E-state index in [1.165, 1.54) is 5.56 Å². The van der Waals surface area contributed by atoms with Gasteiger partial charge in [0.05, 0.1) is 0 Å². The Balaban J connectivity index is 1.87. The molecule has 0 aliphatic carbocycles. The molecule has 2 heterocycles. The first-order valence-corrected chi connectivity index (χ1v) is 12.0. The average molecular weight is 438 g/mol. The third-order valence-electron chi connectivity index (χ3n) is 6.21. The summed E-state index contributed by atoms with van der Waals surface area (Å²) < 4.78 is 0. The van der Waals surface area contributed by atoms with Crippen LogP contribution in [-0.4, -0.2) is 34.7 Å². The molecule has 5 heteroatoms. The van der Waals surface area contributed by atoms with Crippen molar-refractivity contribution in [2.45, 2.75) is 65.2 Å². The van der Waals surface area contributed by atoms with Gasteiger partial charge in [-0.2, -0.15) is 0 Å². The molecule has 0 saturated carbocycles. The molecule has 1 aliphatic heterocycles. The van der Waals surface area contributed by atoms with Gasteiger partial charge in [-0.05, 0) is 63.1 Å². The minimum absolute atomic E-state index is 0.0342. The Morgan fingerprint density at radius 2 is 1.97 bits per heavy atom. The second kappa shape index (κ2) is 13.7. The number of piperidine rings is 1. The zero-order valence-corrected chi connectivity index (χ0v) is 19.8. The lowest BCUT2D eigenvalue weighted by Gasteiger charge is -2.34. The average Bonchev–Trinajstić information content (AvgIpc) is 2.80. The van der Waals surface area contributed by atoms with Crippen molar-refractivity contribution in [3.05, 3.63) is 60.3 Å². The number of Topliss-reactive ketones (excluding diaryl/α,β-unsaturated/α-hetero) is 1. The third-order valence-corrected chi connectivity index (χ3v) is 6.21. The van der Waals surface area contributed by atoms with E-state index in [1.807, 2.05) is 42.2 Å². The maximum Gasteiger partial charge on any atom is 0.225 e. The van der Waals surface area contributed by atoms with E-state index >= 15 is 0 Å². The highest BCUT2D eigenvalue weighted by Gasteiger charge is 2.30. The van der Waals surface area contributed by atoms with Crippen LogP contribution in [0.15, 0.2) is 54.8 Å². The van der Waals surface area contributed by atoms with Gasteiger partial charge >= 0.3 is 0 Å². The van der Waals surface area contributed by atoms with Crippen molar-refractivity contribution in [2.75, 3.05) is 18.8 Å². The van der Waals surface area contributed by atoms with Crippen LogP contribution in [0.2, 0.25) is 0 Å². The molecule has 1 aromatic rings. The van der Waals surface area contributed by atoms with E-state index in [-0.39, 0.29) is 23.5 Å². The SMILES string of the molecule is C=C(/C=C\C=C/C)C(=O)C1CCN(C(=O)C(CCCC)CCCc2ccnc(N)c2)CC1. The quantitative estimate of drug-likeness (QED) is 0.356. The Labute approximate surface area is 193 Å². The number of carbonyl (C=O) groups is 2. The van der Waals surface area contributed by atoms with Crippen molar-refractivity contribution in [3.63, 3.8) is 0 Å². The van der Waals surface area contributed by atoms with Gasteiger partial charge in [-0.25, -0.2) is 4.98 Å². The normalized spacial score (nSPS) is 16.0. The Bertz CT molecular complexity index is 820. The first kappa shape index (κ1) is 25.6. The molecule has 1 fully saturated rings. The molecule has 2 rings (SSSR count). The summed E-state index contributed by atoms with van der Waals surface area (Å²) in [6.45, 7) is 9.33. The summed E-state index contributed by atoms with van der Waals surface area (Å²) in [5.74, 6) is 0.925. The predicted octanol–water partition coefficient (Wildman–Crippen LogP) is 5.29. The predicted molar refractivity (Wildman–Crippen MR) is 132 cm³/mol. The largest absolute Gasteiger partial charge is 0.384 e. The fraction of sp³-hybridized carbons (Fsp3) is 0.519. The first-order chi connectivity index (χ1) is 15.5. The number of nitrogens with zero attached hydrogens (tertiary/aromatic N) is 2. The molecule has 1 aromatic heterocycles. The topological polar surface area (TPSA) is 76.3 Å². The monoisotopic (exact) mass is 437 g/mol. The highest BCUT2D eigenvalue weighted by molar-refractivity contribution is 5.99. The smallest absolute Gasteiger partial charge is 0.225 e. The number of pyridine rings is 1. The number of aromatic nitrogens is 1. The summed E-state index contributed by atoms with van der Waals surface area (Å²) >= 11 is 0. The number of aryl methyl sites for hydroxylation is 1. The fourth-order valence-electron chi connectivity index (χ4n) is 4.29. The molecule has 1 aliphatic rings. The third kappa shape index (κ3) is 8.10. The molecule has 0 bridgehead atoms. The van der Waals surface area contributed by atoms with E-state index in [2.05, 4.69) is 18.5 Å². The van der Waals surface area contributed by atoms with Gasteiger partial charge in [-0.3, -0.25) is 9.59 Å². The number of nitrogens with two attached hydrogens (primary N) is 1. The van der Waals surface area contributed by atoms with Crippen LogP contribution in [0.25, 0.3) is 0 Å². The number of anilines is 1. The lowest BCUT2D eigenvalue weighted by atomic mass is 9.87. The Morgan fingerprint density at radius 3 is 2.62 bits per heavy atom. The summed E-state index contributed by atoms with van der Waals surface area (Å²) in [4.78, 5) is 31.9. The molecular formula is C27H39N3O2. The minimum Gasteiger partial charge on any atom is -0.384 e. The van der Waals surface area contributed by atoms with Gasteiger partial charge in [0.25, 0.3) is 0 Å². The molecule has 32 heavy (non-hydrogen) atoms. The summed E-state index contributed by atoms with van der Waals surface area (Å²) in [5.41, 5.74) is 7.49. The van der Waals surface area contributed by atoms with Crippen LogP contribution >= 0.6 is 0 Å². The maximum atomic E-state index is 13.3. The van der Waals surface area contributed by atoms with Crippen molar-refractivity contribution in [2.24, 2.45) is 11.8 Å². The number of hydrogen-bond donors (Lipinski definition) is 1. The molecule has 0 aromatic carbocycles. The highest BCUT2D eigenvalue weighted by atomic mass is 16.2. The van der Waals surface area contributed by atoms with Gasteiger partial charge in [0.2, 0.25) is 5.91 Å². The van der Waals surface area contributed by atoms with Gasteiger partial charge in [0, 0.05) is 36.7 Å². The molecule has 1 amide bonds. The molecule has 1 atom stereocenters. The number of amides is 1. The summed E-state index contributed by atoms with van der Waals surface area (Å²) in [5, 5.41) is 0. The van der Waals surface area contributed by atoms with Crippen LogP contribution in [0, 0.1) is 11.8 Å². The lowest BCUT2D eigenvalue weighted by molar-refractivity contribution is -0.138. The van der Waals surface area contributed by atoms with Crippen molar-refractivity contribution in [3.8, 4) is 0 Å². The summed E-state index contributed by atoms with van der Waals surface area (Å²) in [7, 11) is 0. The number of hydrogen-bond acceptors (Lipinski definition) is 4. The second-order valence-electron chi connectivity index (χ2n) is 8.69. The number of carbonyl (C=O) groups excluding carboxylic acids is 2. The van der Waals surface area contributed by atoms with Crippen LogP contribution in [0.5, 0.6) is 0 Å². The van der Waals surface area contributed by atoms with Gasteiger partial charge in [0.1, 0.15) is 5.82 Å². The maximum absolute atomic E-state index is 13.3. The molecule has 1 saturated heterocycles. The molecule has 2 N–H and O–H groups in total. The molecule has 174 valence electrons. The van der Waals surface area contributed by atoms with Crippen molar-refractivity contribution in [1.29, 1.82) is 0 Å². The number of rotatable bonds is 12. The zero-order chi connectivity index (χ0) is 23.3. The van der Waals surface area contributed by atoms with Crippen LogP contribution in [0.3, 0.4) is 0 Å². The summed E-state index contributed by atoms with van der Waals surface area (Å²) in [6.07, 6.45) is 16.4. The van der Waals surface area contributed by atoms with Crippen LogP contribution in [-0.2, 0) is 16.0 Å². The number of likely N-dealkylation sites (tertiary alicyclic amines) is 1.